The van der Waals surface area contributed by atoms with Crippen LogP contribution in [-0.2, 0) is 0 Å². The number of phenols is 1. The third-order valence-electron chi connectivity index (χ3n) is 3.04. The second-order valence-corrected chi connectivity index (χ2v) is 4.51. The lowest BCUT2D eigenvalue weighted by molar-refractivity contribution is -0.274. The minimum Gasteiger partial charge on any atom is -0.508 e. The lowest BCUT2D eigenvalue weighted by Gasteiger charge is -2.13. The lowest BCUT2D eigenvalue weighted by Crippen LogP contribution is -2.17. The van der Waals surface area contributed by atoms with Gasteiger partial charge in [-0.2, -0.15) is 0 Å². The van der Waals surface area contributed by atoms with E-state index in [4.69, 9.17) is 0 Å². The number of aromatic hydroxyl groups is 1. The second-order valence-electron chi connectivity index (χ2n) is 4.51. The maximum absolute atomic E-state index is 12.2. The molecule has 0 atom stereocenters. The molecule has 0 amide bonds. The number of halogens is 3. The molecule has 1 N–H and O–H groups in total. The highest BCUT2D eigenvalue weighted by Gasteiger charge is 2.31. The van der Waals surface area contributed by atoms with Crippen LogP contribution in [0.2, 0.25) is 0 Å². The standard InChI is InChI=1S/C15H13F3O2/c1-9-4-3-5-14(10(9)2)11-6-12(19)8-13(7-11)20-15(16,17)18/h3-8,19H,1-2H3. The normalized spacial score (nSPS) is 11.4. The van der Waals surface area contributed by atoms with Crippen LogP contribution in [-0.4, -0.2) is 11.5 Å². The zero-order chi connectivity index (χ0) is 14.9. The van der Waals surface area contributed by atoms with Crippen LogP contribution in [0.1, 0.15) is 11.1 Å². The smallest absolute Gasteiger partial charge is 0.508 e. The number of ether oxygens (including phenoxy) is 1. The lowest BCUT2D eigenvalue weighted by atomic mass is 9.97. The molecule has 2 aromatic carbocycles. The molecule has 2 nitrogen and oxygen atoms in total. The third-order valence-corrected chi connectivity index (χ3v) is 3.04. The van der Waals surface area contributed by atoms with Crippen molar-refractivity contribution in [2.75, 3.05) is 0 Å². The molecular weight excluding hydrogens is 269 g/mol. The molecule has 0 spiro atoms. The fourth-order valence-electron chi connectivity index (χ4n) is 2.00. The number of aryl methyl sites for hydroxylation is 1. The first kappa shape index (κ1) is 14.2. The van der Waals surface area contributed by atoms with Gasteiger partial charge in [0.15, 0.2) is 0 Å². The summed E-state index contributed by atoms with van der Waals surface area (Å²) in [6.45, 7) is 3.79. The third kappa shape index (κ3) is 3.23. The van der Waals surface area contributed by atoms with Crippen molar-refractivity contribution >= 4 is 0 Å². The van der Waals surface area contributed by atoms with Crippen molar-refractivity contribution < 1.29 is 23.0 Å². The Morgan fingerprint density at radius 3 is 2.40 bits per heavy atom. The average molecular weight is 282 g/mol. The summed E-state index contributed by atoms with van der Waals surface area (Å²) in [5.41, 5.74) is 3.19. The summed E-state index contributed by atoms with van der Waals surface area (Å²) < 4.78 is 40.6. The monoisotopic (exact) mass is 282 g/mol. The van der Waals surface area contributed by atoms with Crippen molar-refractivity contribution in [3.8, 4) is 22.6 Å². The van der Waals surface area contributed by atoms with E-state index in [2.05, 4.69) is 4.74 Å². The van der Waals surface area contributed by atoms with Crippen molar-refractivity contribution in [2.45, 2.75) is 20.2 Å². The summed E-state index contributed by atoms with van der Waals surface area (Å²) in [7, 11) is 0. The predicted octanol–water partition coefficient (Wildman–Crippen LogP) is 4.57. The van der Waals surface area contributed by atoms with E-state index in [1.807, 2.05) is 26.0 Å². The quantitative estimate of drug-likeness (QED) is 0.874. The molecule has 0 saturated heterocycles. The number of benzene rings is 2. The van der Waals surface area contributed by atoms with E-state index in [9.17, 15) is 18.3 Å². The topological polar surface area (TPSA) is 29.5 Å². The summed E-state index contributed by atoms with van der Waals surface area (Å²) in [6, 6.07) is 9.11. The van der Waals surface area contributed by atoms with Gasteiger partial charge in [-0.3, -0.25) is 0 Å². The molecule has 0 aliphatic rings. The van der Waals surface area contributed by atoms with Crippen LogP contribution in [0.5, 0.6) is 11.5 Å². The Morgan fingerprint density at radius 1 is 1.05 bits per heavy atom. The maximum Gasteiger partial charge on any atom is 0.573 e. The molecule has 106 valence electrons. The Balaban J connectivity index is 2.50. The first-order valence-electron chi connectivity index (χ1n) is 5.92. The van der Waals surface area contributed by atoms with E-state index in [0.717, 1.165) is 22.8 Å². The molecule has 0 bridgehead atoms. The first-order chi connectivity index (χ1) is 9.26. The molecule has 0 aromatic heterocycles. The zero-order valence-electron chi connectivity index (χ0n) is 11.0. The molecule has 0 unspecified atom stereocenters. The van der Waals surface area contributed by atoms with Gasteiger partial charge in [-0.25, -0.2) is 0 Å². The number of alkyl halides is 3. The van der Waals surface area contributed by atoms with Gasteiger partial charge in [0, 0.05) is 6.07 Å². The summed E-state index contributed by atoms with van der Waals surface area (Å²) in [5.74, 6) is -0.712. The Hall–Kier alpha value is -2.17. The van der Waals surface area contributed by atoms with Crippen molar-refractivity contribution in [1.29, 1.82) is 0 Å². The maximum atomic E-state index is 12.2. The number of hydrogen-bond acceptors (Lipinski definition) is 2. The molecule has 20 heavy (non-hydrogen) atoms. The van der Waals surface area contributed by atoms with E-state index < -0.39 is 12.1 Å². The summed E-state index contributed by atoms with van der Waals surface area (Å²) >= 11 is 0. The van der Waals surface area contributed by atoms with Gasteiger partial charge in [0.2, 0.25) is 0 Å². The van der Waals surface area contributed by atoms with Crippen LogP contribution >= 0.6 is 0 Å². The van der Waals surface area contributed by atoms with Gasteiger partial charge in [0.25, 0.3) is 0 Å². The van der Waals surface area contributed by atoms with Gasteiger partial charge in [0.1, 0.15) is 11.5 Å². The van der Waals surface area contributed by atoms with Gasteiger partial charge < -0.3 is 9.84 Å². The molecule has 0 saturated carbocycles. The minimum atomic E-state index is -4.79. The molecule has 2 aromatic rings. The average Bonchev–Trinajstić information content (AvgIpc) is 2.29. The predicted molar refractivity (Wildman–Crippen MR) is 69.7 cm³/mol. The van der Waals surface area contributed by atoms with Crippen LogP contribution in [0.3, 0.4) is 0 Å². The van der Waals surface area contributed by atoms with E-state index in [1.165, 1.54) is 12.1 Å². The fourth-order valence-corrected chi connectivity index (χ4v) is 2.00. The summed E-state index contributed by atoms with van der Waals surface area (Å²) in [4.78, 5) is 0. The van der Waals surface area contributed by atoms with E-state index in [-0.39, 0.29) is 5.75 Å². The van der Waals surface area contributed by atoms with Gasteiger partial charge >= 0.3 is 6.36 Å². The van der Waals surface area contributed by atoms with E-state index in [0.29, 0.717) is 5.56 Å². The van der Waals surface area contributed by atoms with Crippen LogP contribution in [0.15, 0.2) is 36.4 Å². The number of hydrogen-bond donors (Lipinski definition) is 1. The van der Waals surface area contributed by atoms with E-state index >= 15 is 0 Å². The van der Waals surface area contributed by atoms with Gasteiger partial charge in [-0.1, -0.05) is 18.2 Å². The number of phenolic OH excluding ortho intramolecular Hbond substituents is 1. The largest absolute Gasteiger partial charge is 0.573 e. The summed E-state index contributed by atoms with van der Waals surface area (Å²) in [5, 5.41) is 9.56. The van der Waals surface area contributed by atoms with Gasteiger partial charge in [0.05, 0.1) is 0 Å². The molecule has 0 radical (unpaired) electrons. The Kier molecular flexibility index (Phi) is 3.61. The first-order valence-corrected chi connectivity index (χ1v) is 5.92. The highest BCUT2D eigenvalue weighted by Crippen LogP contribution is 2.34. The SMILES string of the molecule is Cc1cccc(-c2cc(O)cc(OC(F)(F)F)c2)c1C. The molecule has 2 rings (SSSR count). The minimum absolute atomic E-state index is 0.275. The zero-order valence-corrected chi connectivity index (χ0v) is 11.0. The van der Waals surface area contributed by atoms with Crippen LogP contribution in [0.25, 0.3) is 11.1 Å². The highest BCUT2D eigenvalue weighted by atomic mass is 19.4. The highest BCUT2D eigenvalue weighted by molar-refractivity contribution is 5.71. The van der Waals surface area contributed by atoms with Gasteiger partial charge in [-0.05, 0) is 48.2 Å². The summed E-state index contributed by atoms with van der Waals surface area (Å²) in [6.07, 6.45) is -4.79. The fraction of sp³-hybridized carbons (Fsp3) is 0.200. The molecule has 0 aliphatic heterocycles. The molecular formula is C15H13F3O2. The van der Waals surface area contributed by atoms with Crippen molar-refractivity contribution in [1.82, 2.24) is 0 Å². The van der Waals surface area contributed by atoms with Crippen LogP contribution < -0.4 is 4.74 Å². The van der Waals surface area contributed by atoms with Crippen LogP contribution in [0.4, 0.5) is 13.2 Å². The number of rotatable bonds is 2. The van der Waals surface area contributed by atoms with E-state index in [1.54, 1.807) is 6.07 Å². The molecule has 0 heterocycles. The Bertz CT molecular complexity index is 634. The van der Waals surface area contributed by atoms with Crippen molar-refractivity contribution in [3.63, 3.8) is 0 Å². The molecule has 5 heteroatoms. The van der Waals surface area contributed by atoms with Crippen molar-refractivity contribution in [2.24, 2.45) is 0 Å². The Morgan fingerprint density at radius 2 is 1.75 bits per heavy atom. The second kappa shape index (κ2) is 5.07. The molecule has 0 fully saturated rings. The Labute approximate surface area is 114 Å². The van der Waals surface area contributed by atoms with Crippen LogP contribution in [0, 0.1) is 13.8 Å². The van der Waals surface area contributed by atoms with Gasteiger partial charge in [-0.15, -0.1) is 13.2 Å². The molecule has 0 aliphatic carbocycles. The van der Waals surface area contributed by atoms with Crippen molar-refractivity contribution in [3.05, 3.63) is 47.5 Å².